The van der Waals surface area contributed by atoms with Gasteiger partial charge in [-0.2, -0.15) is 0 Å². The van der Waals surface area contributed by atoms with Crippen LogP contribution in [0.2, 0.25) is 0 Å². The second kappa shape index (κ2) is 7.38. The van der Waals surface area contributed by atoms with Crippen molar-refractivity contribution in [2.24, 2.45) is 0 Å². The monoisotopic (exact) mass is 289 g/mol. The van der Waals surface area contributed by atoms with E-state index >= 15 is 0 Å². The zero-order valence-electron chi connectivity index (χ0n) is 10.9. The third kappa shape index (κ3) is 5.51. The summed E-state index contributed by atoms with van der Waals surface area (Å²) in [4.78, 5) is 11.7. The molecule has 0 saturated carbocycles. The van der Waals surface area contributed by atoms with Crippen LogP contribution in [0, 0.1) is 5.82 Å². The van der Waals surface area contributed by atoms with Gasteiger partial charge in [-0.05, 0) is 38.1 Å². The predicted molar refractivity (Wildman–Crippen MR) is 70.8 cm³/mol. The number of rotatable bonds is 7. The van der Waals surface area contributed by atoms with Gasteiger partial charge in [0.1, 0.15) is 12.0 Å². The molecule has 0 radical (unpaired) electrons. The van der Waals surface area contributed by atoms with Crippen molar-refractivity contribution in [1.82, 2.24) is 0 Å². The number of hydrogen-bond donors (Lipinski definition) is 1. The van der Waals surface area contributed by atoms with Gasteiger partial charge in [-0.15, -0.1) is 0 Å². The highest BCUT2D eigenvalue weighted by Gasteiger charge is 2.27. The van der Waals surface area contributed by atoms with Gasteiger partial charge in [0.05, 0.1) is 13.2 Å². The van der Waals surface area contributed by atoms with Crippen LogP contribution in [0.1, 0.15) is 13.8 Å². The summed E-state index contributed by atoms with van der Waals surface area (Å²) in [5.74, 6) is -0.899. The van der Waals surface area contributed by atoms with Crippen LogP contribution in [0.25, 0.3) is 0 Å². The van der Waals surface area contributed by atoms with Gasteiger partial charge in [-0.1, -0.05) is 0 Å². The lowest BCUT2D eigenvalue weighted by Crippen LogP contribution is -2.18. The Morgan fingerprint density at radius 3 is 2.21 bits per heavy atom. The van der Waals surface area contributed by atoms with E-state index < -0.39 is 19.3 Å². The Bertz CT molecular complexity index is 453. The SMILES string of the molecule is CCOP(=O)(CC(=O)Nc1ccc(F)cc1)OCC. The quantitative estimate of drug-likeness (QED) is 0.784. The van der Waals surface area contributed by atoms with Crippen molar-refractivity contribution in [3.63, 3.8) is 0 Å². The molecule has 0 spiro atoms. The smallest absolute Gasteiger partial charge is 0.326 e. The molecule has 7 heteroatoms. The van der Waals surface area contributed by atoms with E-state index in [0.717, 1.165) is 0 Å². The van der Waals surface area contributed by atoms with E-state index in [1.807, 2.05) is 0 Å². The van der Waals surface area contributed by atoms with E-state index in [4.69, 9.17) is 9.05 Å². The van der Waals surface area contributed by atoms with E-state index in [-0.39, 0.29) is 19.4 Å². The highest BCUT2D eigenvalue weighted by atomic mass is 31.2. The van der Waals surface area contributed by atoms with Gasteiger partial charge in [0.2, 0.25) is 5.91 Å². The topological polar surface area (TPSA) is 64.6 Å². The molecule has 0 unspecified atom stereocenters. The first-order valence-corrected chi connectivity index (χ1v) is 7.65. The number of hydrogen-bond acceptors (Lipinski definition) is 4. The van der Waals surface area contributed by atoms with Crippen LogP contribution < -0.4 is 5.32 Å². The van der Waals surface area contributed by atoms with E-state index in [2.05, 4.69) is 5.32 Å². The van der Waals surface area contributed by atoms with Crippen LogP contribution in [-0.4, -0.2) is 25.3 Å². The number of carbonyl (C=O) groups is 1. The first kappa shape index (κ1) is 15.8. The lowest BCUT2D eigenvalue weighted by Gasteiger charge is -2.16. The molecule has 1 aromatic carbocycles. The third-order valence-corrected chi connectivity index (χ3v) is 4.09. The first-order chi connectivity index (χ1) is 8.99. The molecule has 1 rings (SSSR count). The molecule has 5 nitrogen and oxygen atoms in total. The van der Waals surface area contributed by atoms with Crippen LogP contribution in [-0.2, 0) is 18.4 Å². The molecule has 0 fully saturated rings. The Hall–Kier alpha value is -1.23. The van der Waals surface area contributed by atoms with Crippen LogP contribution in [0.3, 0.4) is 0 Å². The molecule has 1 N–H and O–H groups in total. The van der Waals surface area contributed by atoms with Crippen LogP contribution in [0.5, 0.6) is 0 Å². The number of carbonyl (C=O) groups excluding carboxylic acids is 1. The molecular weight excluding hydrogens is 272 g/mol. The summed E-state index contributed by atoms with van der Waals surface area (Å²) in [5, 5.41) is 2.50. The van der Waals surface area contributed by atoms with Gasteiger partial charge >= 0.3 is 7.60 Å². The second-order valence-corrected chi connectivity index (χ2v) is 5.71. The fourth-order valence-electron chi connectivity index (χ4n) is 1.43. The van der Waals surface area contributed by atoms with Crippen LogP contribution in [0.15, 0.2) is 24.3 Å². The minimum Gasteiger partial charge on any atom is -0.326 e. The van der Waals surface area contributed by atoms with Crippen LogP contribution in [0.4, 0.5) is 10.1 Å². The molecule has 0 bridgehead atoms. The number of benzene rings is 1. The Balaban J connectivity index is 2.62. The highest BCUT2D eigenvalue weighted by Crippen LogP contribution is 2.47. The third-order valence-electron chi connectivity index (χ3n) is 2.12. The fraction of sp³-hybridized carbons (Fsp3) is 0.417. The average molecular weight is 289 g/mol. The Labute approximate surface area is 111 Å². The van der Waals surface area contributed by atoms with Gasteiger partial charge in [-0.3, -0.25) is 9.36 Å². The molecule has 1 aromatic rings. The molecule has 0 heterocycles. The highest BCUT2D eigenvalue weighted by molar-refractivity contribution is 7.54. The second-order valence-electron chi connectivity index (χ2n) is 3.66. The number of nitrogens with one attached hydrogen (secondary N) is 1. The Morgan fingerprint density at radius 1 is 1.21 bits per heavy atom. The molecule has 0 aromatic heterocycles. The van der Waals surface area contributed by atoms with E-state index in [1.165, 1.54) is 24.3 Å². The fourth-order valence-corrected chi connectivity index (χ4v) is 2.91. The standard InChI is InChI=1S/C12H17FNO4P/c1-3-17-19(16,18-4-2)9-12(15)14-11-7-5-10(13)6-8-11/h5-8H,3-4,9H2,1-2H3,(H,14,15). The lowest BCUT2D eigenvalue weighted by molar-refractivity contribution is -0.114. The van der Waals surface area contributed by atoms with E-state index in [9.17, 15) is 13.8 Å². The summed E-state index contributed by atoms with van der Waals surface area (Å²) in [5.41, 5.74) is 0.422. The number of amides is 1. The molecule has 0 atom stereocenters. The first-order valence-electron chi connectivity index (χ1n) is 5.92. The Morgan fingerprint density at radius 2 is 1.74 bits per heavy atom. The molecule has 0 aliphatic heterocycles. The van der Waals surface area contributed by atoms with Crippen molar-refractivity contribution in [3.8, 4) is 0 Å². The van der Waals surface area contributed by atoms with Crippen LogP contribution >= 0.6 is 7.60 Å². The summed E-state index contributed by atoms with van der Waals surface area (Å²) in [6.07, 6.45) is -0.369. The largest absolute Gasteiger partial charge is 0.340 e. The maximum absolute atomic E-state index is 12.7. The predicted octanol–water partition coefficient (Wildman–Crippen LogP) is 3.03. The van der Waals surface area contributed by atoms with Gasteiger partial charge in [0.25, 0.3) is 0 Å². The van der Waals surface area contributed by atoms with Crippen molar-refractivity contribution in [2.45, 2.75) is 13.8 Å². The molecule has 19 heavy (non-hydrogen) atoms. The van der Waals surface area contributed by atoms with Gasteiger partial charge in [0, 0.05) is 5.69 Å². The maximum Gasteiger partial charge on any atom is 0.340 e. The number of halogens is 1. The molecular formula is C12H17FNO4P. The molecule has 1 amide bonds. The van der Waals surface area contributed by atoms with Gasteiger partial charge in [-0.25, -0.2) is 4.39 Å². The van der Waals surface area contributed by atoms with Crippen molar-refractivity contribution >= 4 is 19.2 Å². The lowest BCUT2D eigenvalue weighted by atomic mass is 10.3. The molecule has 106 valence electrons. The molecule has 0 aliphatic rings. The minimum atomic E-state index is -3.41. The van der Waals surface area contributed by atoms with Crippen molar-refractivity contribution < 1.29 is 22.8 Å². The summed E-state index contributed by atoms with van der Waals surface area (Å²) in [6.45, 7) is 3.73. The summed E-state index contributed by atoms with van der Waals surface area (Å²) < 4.78 is 34.8. The van der Waals surface area contributed by atoms with Crippen molar-refractivity contribution in [2.75, 3.05) is 24.7 Å². The minimum absolute atomic E-state index is 0.196. The normalized spacial score (nSPS) is 11.3. The van der Waals surface area contributed by atoms with Crippen molar-refractivity contribution in [3.05, 3.63) is 30.1 Å². The molecule has 0 saturated heterocycles. The zero-order valence-corrected chi connectivity index (χ0v) is 11.8. The van der Waals surface area contributed by atoms with Crippen molar-refractivity contribution in [1.29, 1.82) is 0 Å². The van der Waals surface area contributed by atoms with E-state index in [1.54, 1.807) is 13.8 Å². The summed E-state index contributed by atoms with van der Waals surface area (Å²) in [7, 11) is -3.41. The zero-order chi connectivity index (χ0) is 14.3. The Kier molecular flexibility index (Phi) is 6.15. The number of anilines is 1. The summed E-state index contributed by atoms with van der Waals surface area (Å²) in [6, 6.07) is 5.28. The van der Waals surface area contributed by atoms with Gasteiger partial charge in [0.15, 0.2) is 0 Å². The average Bonchev–Trinajstić information content (AvgIpc) is 2.32. The van der Waals surface area contributed by atoms with Gasteiger partial charge < -0.3 is 14.4 Å². The summed E-state index contributed by atoms with van der Waals surface area (Å²) >= 11 is 0. The molecule has 0 aliphatic carbocycles. The maximum atomic E-state index is 12.7. The van der Waals surface area contributed by atoms with E-state index in [0.29, 0.717) is 5.69 Å².